The van der Waals surface area contributed by atoms with Gasteiger partial charge in [0.15, 0.2) is 23.0 Å². The van der Waals surface area contributed by atoms with Crippen molar-refractivity contribution in [2.24, 2.45) is 0 Å². The molecule has 0 bridgehead atoms. The standard InChI is InChI=1S/2C12H10O3P.Zn/c2*13-16(14-11-7-3-1-4-8-11)15-12-9-5-2-6-10-12;/h2*1-10H;/q2*+1;. The van der Waals surface area contributed by atoms with Crippen molar-refractivity contribution < 1.29 is 46.7 Å². The van der Waals surface area contributed by atoms with E-state index in [1.807, 2.05) is 24.3 Å². The maximum absolute atomic E-state index is 11.5. The van der Waals surface area contributed by atoms with Gasteiger partial charge in [-0.1, -0.05) is 72.8 Å². The van der Waals surface area contributed by atoms with Crippen molar-refractivity contribution in [2.45, 2.75) is 0 Å². The third kappa shape index (κ3) is 10.4. The summed E-state index contributed by atoms with van der Waals surface area (Å²) in [6, 6.07) is 35.7. The summed E-state index contributed by atoms with van der Waals surface area (Å²) in [7, 11) is -4.37. The molecule has 0 atom stereocenters. The minimum Gasteiger partial charge on any atom is -0.222 e. The molecule has 162 valence electrons. The fraction of sp³-hybridized carbons (Fsp3) is 0. The molecule has 0 aliphatic carbocycles. The van der Waals surface area contributed by atoms with Crippen LogP contribution in [0.4, 0.5) is 0 Å². The average Bonchev–Trinajstić information content (AvgIpc) is 2.82. The van der Waals surface area contributed by atoms with Gasteiger partial charge in [-0.3, -0.25) is 0 Å². The van der Waals surface area contributed by atoms with Gasteiger partial charge in [0.2, 0.25) is 0 Å². The Bertz CT molecular complexity index is 923. The first kappa shape index (κ1) is 26.2. The quantitative estimate of drug-likeness (QED) is 0.172. The number of hydrogen-bond donors (Lipinski definition) is 0. The first-order chi connectivity index (χ1) is 15.7. The molecule has 0 fully saturated rings. The summed E-state index contributed by atoms with van der Waals surface area (Å²) in [6.45, 7) is 0. The molecule has 0 heterocycles. The molecule has 0 aliphatic rings. The molecule has 0 N–H and O–H groups in total. The molecule has 0 saturated heterocycles. The monoisotopic (exact) mass is 530 g/mol. The van der Waals surface area contributed by atoms with Crippen molar-refractivity contribution in [3.8, 4) is 23.0 Å². The second kappa shape index (κ2) is 14.9. The average molecular weight is 532 g/mol. The van der Waals surface area contributed by atoms with E-state index in [1.165, 1.54) is 0 Å². The van der Waals surface area contributed by atoms with Crippen LogP contribution in [0, 0.1) is 0 Å². The summed E-state index contributed by atoms with van der Waals surface area (Å²) in [4.78, 5) is 0. The largest absolute Gasteiger partial charge is 0.805 e. The molecule has 0 radical (unpaired) electrons. The summed E-state index contributed by atoms with van der Waals surface area (Å²) in [6.07, 6.45) is 0. The van der Waals surface area contributed by atoms with Gasteiger partial charge in [0.1, 0.15) is 0 Å². The Morgan fingerprint density at radius 3 is 0.727 bits per heavy atom. The van der Waals surface area contributed by atoms with E-state index < -0.39 is 16.5 Å². The minimum absolute atomic E-state index is 0. The Morgan fingerprint density at radius 1 is 0.364 bits per heavy atom. The molecule has 9 heteroatoms. The van der Waals surface area contributed by atoms with E-state index in [-0.39, 0.29) is 19.5 Å². The predicted octanol–water partition coefficient (Wildman–Crippen LogP) is 7.60. The number of benzene rings is 4. The van der Waals surface area contributed by atoms with E-state index in [0.717, 1.165) is 0 Å². The number of hydrogen-bond acceptors (Lipinski definition) is 6. The van der Waals surface area contributed by atoms with E-state index in [9.17, 15) is 9.13 Å². The number of para-hydroxylation sites is 4. The molecular weight excluding hydrogens is 512 g/mol. The molecule has 4 rings (SSSR count). The summed E-state index contributed by atoms with van der Waals surface area (Å²) >= 11 is 0. The van der Waals surface area contributed by atoms with Crippen molar-refractivity contribution in [1.82, 2.24) is 0 Å². The van der Waals surface area contributed by atoms with E-state index >= 15 is 0 Å². The minimum atomic E-state index is -2.18. The Morgan fingerprint density at radius 2 is 0.545 bits per heavy atom. The molecule has 4 aromatic carbocycles. The molecule has 6 nitrogen and oxygen atoms in total. The summed E-state index contributed by atoms with van der Waals surface area (Å²) in [5.74, 6) is 2.11. The zero-order valence-corrected chi connectivity index (χ0v) is 22.4. The predicted molar refractivity (Wildman–Crippen MR) is 123 cm³/mol. The van der Waals surface area contributed by atoms with Crippen LogP contribution in [0.2, 0.25) is 0 Å². The number of rotatable bonds is 8. The Balaban J connectivity index is 0.000000227. The van der Waals surface area contributed by atoms with Crippen LogP contribution in [0.15, 0.2) is 121 Å². The van der Waals surface area contributed by atoms with Crippen molar-refractivity contribution >= 4 is 16.5 Å². The van der Waals surface area contributed by atoms with Crippen LogP contribution in [0.25, 0.3) is 0 Å². The Hall–Kier alpha value is -3.10. The van der Waals surface area contributed by atoms with Gasteiger partial charge in [-0.2, -0.15) is 0 Å². The van der Waals surface area contributed by atoms with Crippen molar-refractivity contribution in [3.05, 3.63) is 121 Å². The van der Waals surface area contributed by atoms with Crippen molar-refractivity contribution in [1.29, 1.82) is 0 Å². The third-order valence-electron chi connectivity index (χ3n) is 3.69. The smallest absolute Gasteiger partial charge is 0.222 e. The summed E-state index contributed by atoms with van der Waals surface area (Å²) in [5.41, 5.74) is 0. The topological polar surface area (TPSA) is 71.1 Å². The summed E-state index contributed by atoms with van der Waals surface area (Å²) in [5, 5.41) is 0. The maximum atomic E-state index is 11.5. The van der Waals surface area contributed by atoms with Crippen LogP contribution < -0.4 is 18.1 Å². The molecule has 33 heavy (non-hydrogen) atoms. The van der Waals surface area contributed by atoms with Crippen LogP contribution >= 0.6 is 16.5 Å². The van der Waals surface area contributed by atoms with Crippen molar-refractivity contribution in [2.75, 3.05) is 0 Å². The Labute approximate surface area is 207 Å². The molecule has 4 aromatic rings. The van der Waals surface area contributed by atoms with Gasteiger partial charge in [0.05, 0.1) is 0 Å². The van der Waals surface area contributed by atoms with E-state index in [4.69, 9.17) is 18.1 Å². The van der Waals surface area contributed by atoms with Gasteiger partial charge < -0.3 is 0 Å². The zero-order chi connectivity index (χ0) is 22.4. The fourth-order valence-corrected chi connectivity index (χ4v) is 3.56. The van der Waals surface area contributed by atoms with E-state index in [0.29, 0.717) is 23.0 Å². The molecular formula is C24H20O6P2Zn+2. The van der Waals surface area contributed by atoms with Crippen LogP contribution in [-0.2, 0) is 28.6 Å². The first-order valence-corrected chi connectivity index (χ1v) is 11.7. The normalized spacial score (nSPS) is 9.21. The van der Waals surface area contributed by atoms with Crippen LogP contribution in [0.1, 0.15) is 0 Å². The van der Waals surface area contributed by atoms with Crippen LogP contribution in [0.3, 0.4) is 0 Å². The van der Waals surface area contributed by atoms with Crippen molar-refractivity contribution in [3.63, 3.8) is 0 Å². The van der Waals surface area contributed by atoms with Gasteiger partial charge in [-0.05, 0) is 48.5 Å². The van der Waals surface area contributed by atoms with E-state index in [2.05, 4.69) is 0 Å². The molecule has 0 spiro atoms. The van der Waals surface area contributed by atoms with Gasteiger partial charge in [0.25, 0.3) is 0 Å². The van der Waals surface area contributed by atoms with E-state index in [1.54, 1.807) is 97.1 Å². The summed E-state index contributed by atoms with van der Waals surface area (Å²) < 4.78 is 43.4. The molecule has 0 aromatic heterocycles. The van der Waals surface area contributed by atoms with Crippen LogP contribution in [-0.4, -0.2) is 0 Å². The second-order valence-electron chi connectivity index (χ2n) is 6.06. The Kier molecular flexibility index (Phi) is 11.8. The molecule has 0 aliphatic heterocycles. The second-order valence-corrected chi connectivity index (χ2v) is 7.69. The first-order valence-electron chi connectivity index (χ1n) is 9.55. The maximum Gasteiger partial charge on any atom is 0.805 e. The SMILES string of the molecule is O=[P+](Oc1ccccc1)Oc1ccccc1.O=[P+](Oc1ccccc1)Oc1ccccc1.[Zn]. The molecule has 0 amide bonds. The molecule has 0 saturated carbocycles. The fourth-order valence-electron chi connectivity index (χ4n) is 2.31. The zero-order valence-electron chi connectivity index (χ0n) is 17.6. The van der Waals surface area contributed by atoms with Gasteiger partial charge >= 0.3 is 16.5 Å². The van der Waals surface area contributed by atoms with Crippen LogP contribution in [0.5, 0.6) is 23.0 Å². The third-order valence-corrected chi connectivity index (χ3v) is 5.13. The molecule has 0 unspecified atom stereocenters. The van der Waals surface area contributed by atoms with Gasteiger partial charge in [-0.25, -0.2) is 18.1 Å². The van der Waals surface area contributed by atoms with Gasteiger partial charge in [-0.15, -0.1) is 0 Å². The van der Waals surface area contributed by atoms with Gasteiger partial charge in [0, 0.05) is 28.6 Å².